The summed E-state index contributed by atoms with van der Waals surface area (Å²) in [6, 6.07) is 12.9. The number of anilines is 1. The van der Waals surface area contributed by atoms with Crippen molar-refractivity contribution in [1.82, 2.24) is 19.7 Å². The molecule has 3 aromatic heterocycles. The summed E-state index contributed by atoms with van der Waals surface area (Å²) < 4.78 is 6.97. The number of hydrogen-bond donors (Lipinski definition) is 1. The number of hydrogen-bond acceptors (Lipinski definition) is 5. The topological polar surface area (TPSA) is 81.9 Å². The van der Waals surface area contributed by atoms with Gasteiger partial charge in [-0.05, 0) is 38.1 Å². The Bertz CT molecular complexity index is 1240. The third-order valence-corrected chi connectivity index (χ3v) is 4.87. The Balaban J connectivity index is 1.76. The Hall–Kier alpha value is -3.45. The average molecular weight is 408 g/mol. The normalized spacial score (nSPS) is 10.9. The second-order valence-electron chi connectivity index (χ2n) is 6.50. The molecule has 1 N–H and O–H groups in total. The Morgan fingerprint density at radius 1 is 1.17 bits per heavy atom. The van der Waals surface area contributed by atoms with E-state index in [2.05, 4.69) is 20.4 Å². The maximum absolute atomic E-state index is 12.7. The summed E-state index contributed by atoms with van der Waals surface area (Å²) in [4.78, 5) is 21.5. The minimum Gasteiger partial charge on any atom is -0.497 e. The van der Waals surface area contributed by atoms with E-state index in [1.807, 2.05) is 50.2 Å². The molecule has 3 heterocycles. The number of amides is 1. The molecule has 4 rings (SSSR count). The minimum atomic E-state index is -0.379. The lowest BCUT2D eigenvalue weighted by Crippen LogP contribution is -2.14. The quantitative estimate of drug-likeness (QED) is 0.544. The molecule has 0 aliphatic carbocycles. The molecule has 0 radical (unpaired) electrons. The van der Waals surface area contributed by atoms with Gasteiger partial charge in [0.15, 0.2) is 5.65 Å². The van der Waals surface area contributed by atoms with Crippen molar-refractivity contribution in [2.24, 2.45) is 0 Å². The summed E-state index contributed by atoms with van der Waals surface area (Å²) in [6.07, 6.45) is 1.45. The van der Waals surface area contributed by atoms with Crippen LogP contribution in [-0.2, 0) is 0 Å². The molecule has 0 atom stereocenters. The van der Waals surface area contributed by atoms with Crippen LogP contribution in [0.25, 0.3) is 16.7 Å². The lowest BCUT2D eigenvalue weighted by atomic mass is 10.2. The van der Waals surface area contributed by atoms with E-state index >= 15 is 0 Å². The molecule has 0 aliphatic rings. The fraction of sp³-hybridized carbons (Fsp3) is 0.143. The molecule has 0 saturated heterocycles. The van der Waals surface area contributed by atoms with Crippen molar-refractivity contribution in [2.45, 2.75) is 13.8 Å². The van der Waals surface area contributed by atoms with Gasteiger partial charge in [0.25, 0.3) is 5.91 Å². The standard InChI is InChI=1S/C21H18ClN5O2/c1-12-6-4-9-17(24-12)25-21(28)16-11-23-20-18(19(16)22)13(2)26-27(20)14-7-5-8-15(10-14)29-3/h4-11H,1-3H3,(H,24,25,28). The van der Waals surface area contributed by atoms with Crippen LogP contribution >= 0.6 is 11.6 Å². The first-order valence-electron chi connectivity index (χ1n) is 8.91. The molecule has 1 amide bonds. The number of carbonyl (C=O) groups excluding carboxylic acids is 1. The molecule has 0 aliphatic heterocycles. The Kier molecular flexibility index (Phi) is 4.90. The Morgan fingerprint density at radius 2 is 1.97 bits per heavy atom. The molecular formula is C21H18ClN5O2. The molecule has 1 aromatic carbocycles. The highest BCUT2D eigenvalue weighted by Gasteiger charge is 2.20. The smallest absolute Gasteiger partial charge is 0.259 e. The molecule has 0 fully saturated rings. The van der Waals surface area contributed by atoms with Crippen LogP contribution < -0.4 is 10.1 Å². The van der Waals surface area contributed by atoms with Gasteiger partial charge in [0.2, 0.25) is 0 Å². The molecule has 0 spiro atoms. The number of carbonyl (C=O) groups is 1. The number of nitrogens with zero attached hydrogens (tertiary/aromatic N) is 4. The number of benzene rings is 1. The van der Waals surface area contributed by atoms with E-state index in [0.29, 0.717) is 33.3 Å². The highest BCUT2D eigenvalue weighted by molar-refractivity contribution is 6.39. The monoisotopic (exact) mass is 407 g/mol. The Labute approximate surface area is 172 Å². The van der Waals surface area contributed by atoms with E-state index in [4.69, 9.17) is 16.3 Å². The summed E-state index contributed by atoms with van der Waals surface area (Å²) in [7, 11) is 1.61. The van der Waals surface area contributed by atoms with Crippen molar-refractivity contribution >= 4 is 34.4 Å². The van der Waals surface area contributed by atoms with Gasteiger partial charge in [0.05, 0.1) is 34.5 Å². The predicted octanol–water partition coefficient (Wildman–Crippen LogP) is 4.35. The molecular weight excluding hydrogens is 390 g/mol. The number of nitrogens with one attached hydrogen (secondary N) is 1. The van der Waals surface area contributed by atoms with E-state index in [-0.39, 0.29) is 11.5 Å². The SMILES string of the molecule is COc1cccc(-n2nc(C)c3c(Cl)c(C(=O)Nc4cccc(C)n4)cnc32)c1. The first kappa shape index (κ1) is 18.9. The third kappa shape index (κ3) is 3.52. The van der Waals surface area contributed by atoms with Gasteiger partial charge in [0.1, 0.15) is 11.6 Å². The van der Waals surface area contributed by atoms with E-state index in [1.165, 1.54) is 6.20 Å². The number of pyridine rings is 2. The second-order valence-corrected chi connectivity index (χ2v) is 6.88. The van der Waals surface area contributed by atoms with Gasteiger partial charge in [-0.15, -0.1) is 0 Å². The van der Waals surface area contributed by atoms with Crippen LogP contribution in [0.5, 0.6) is 5.75 Å². The fourth-order valence-corrected chi connectivity index (χ4v) is 3.44. The zero-order valence-corrected chi connectivity index (χ0v) is 16.9. The number of halogens is 1. The second kappa shape index (κ2) is 7.52. The summed E-state index contributed by atoms with van der Waals surface area (Å²) >= 11 is 6.60. The van der Waals surface area contributed by atoms with E-state index in [1.54, 1.807) is 17.9 Å². The van der Waals surface area contributed by atoms with Crippen LogP contribution in [-0.4, -0.2) is 32.8 Å². The minimum absolute atomic E-state index is 0.260. The van der Waals surface area contributed by atoms with Crippen molar-refractivity contribution in [1.29, 1.82) is 0 Å². The van der Waals surface area contributed by atoms with Crippen LogP contribution in [0.2, 0.25) is 5.02 Å². The molecule has 29 heavy (non-hydrogen) atoms. The maximum atomic E-state index is 12.7. The van der Waals surface area contributed by atoms with Gasteiger partial charge in [0, 0.05) is 18.0 Å². The first-order valence-corrected chi connectivity index (χ1v) is 9.29. The van der Waals surface area contributed by atoms with Crippen LogP contribution in [0.1, 0.15) is 21.7 Å². The molecule has 0 saturated carbocycles. The average Bonchev–Trinajstić information content (AvgIpc) is 3.05. The molecule has 0 unspecified atom stereocenters. The predicted molar refractivity (Wildman–Crippen MR) is 112 cm³/mol. The number of ether oxygens (including phenoxy) is 1. The van der Waals surface area contributed by atoms with Crippen molar-refractivity contribution in [3.05, 3.63) is 70.6 Å². The van der Waals surface area contributed by atoms with Crippen LogP contribution in [0, 0.1) is 13.8 Å². The fourth-order valence-electron chi connectivity index (χ4n) is 3.09. The highest BCUT2D eigenvalue weighted by Crippen LogP contribution is 2.31. The van der Waals surface area contributed by atoms with Crippen LogP contribution in [0.4, 0.5) is 5.82 Å². The summed E-state index contributed by atoms with van der Waals surface area (Å²) in [6.45, 7) is 3.68. The number of aryl methyl sites for hydroxylation is 2. The number of methoxy groups -OCH3 is 1. The summed E-state index contributed by atoms with van der Waals surface area (Å²) in [5.41, 5.74) is 3.08. The van der Waals surface area contributed by atoms with Crippen molar-refractivity contribution in [3.63, 3.8) is 0 Å². The van der Waals surface area contributed by atoms with Crippen LogP contribution in [0.15, 0.2) is 48.7 Å². The van der Waals surface area contributed by atoms with E-state index < -0.39 is 0 Å². The lowest BCUT2D eigenvalue weighted by Gasteiger charge is -2.08. The maximum Gasteiger partial charge on any atom is 0.259 e. The lowest BCUT2D eigenvalue weighted by molar-refractivity contribution is 0.102. The number of aromatic nitrogens is 4. The zero-order chi connectivity index (χ0) is 20.5. The van der Waals surface area contributed by atoms with Gasteiger partial charge in [-0.1, -0.05) is 23.7 Å². The summed E-state index contributed by atoms with van der Waals surface area (Å²) in [5, 5.41) is 8.24. The van der Waals surface area contributed by atoms with Gasteiger partial charge in [-0.2, -0.15) is 5.10 Å². The van der Waals surface area contributed by atoms with Crippen molar-refractivity contribution < 1.29 is 9.53 Å². The van der Waals surface area contributed by atoms with E-state index in [0.717, 1.165) is 11.4 Å². The summed E-state index contributed by atoms with van der Waals surface area (Å²) in [5.74, 6) is 0.780. The largest absolute Gasteiger partial charge is 0.497 e. The zero-order valence-electron chi connectivity index (χ0n) is 16.1. The van der Waals surface area contributed by atoms with E-state index in [9.17, 15) is 4.79 Å². The van der Waals surface area contributed by atoms with Gasteiger partial charge in [-0.3, -0.25) is 4.79 Å². The number of rotatable bonds is 4. The van der Waals surface area contributed by atoms with Crippen LogP contribution in [0.3, 0.4) is 0 Å². The molecule has 4 aromatic rings. The first-order chi connectivity index (χ1) is 14.0. The van der Waals surface area contributed by atoms with Gasteiger partial charge < -0.3 is 10.1 Å². The van der Waals surface area contributed by atoms with Gasteiger partial charge >= 0.3 is 0 Å². The van der Waals surface area contributed by atoms with Gasteiger partial charge in [-0.25, -0.2) is 14.6 Å². The van der Waals surface area contributed by atoms with Crippen molar-refractivity contribution in [3.8, 4) is 11.4 Å². The third-order valence-electron chi connectivity index (χ3n) is 4.48. The molecule has 146 valence electrons. The molecule has 8 heteroatoms. The molecule has 0 bridgehead atoms. The highest BCUT2D eigenvalue weighted by atomic mass is 35.5. The number of fused-ring (bicyclic) bond motifs is 1. The Morgan fingerprint density at radius 3 is 2.72 bits per heavy atom. The van der Waals surface area contributed by atoms with Crippen molar-refractivity contribution in [2.75, 3.05) is 12.4 Å². The molecule has 7 nitrogen and oxygen atoms in total.